The van der Waals surface area contributed by atoms with Crippen LogP contribution in [0.3, 0.4) is 0 Å². The second-order valence-corrected chi connectivity index (χ2v) is 8.16. The van der Waals surface area contributed by atoms with Crippen molar-refractivity contribution in [2.24, 2.45) is 5.92 Å². The lowest BCUT2D eigenvalue weighted by atomic mass is 9.74. The topological polar surface area (TPSA) is 48.0 Å². The van der Waals surface area contributed by atoms with E-state index in [-0.39, 0.29) is 0 Å². The van der Waals surface area contributed by atoms with Gasteiger partial charge in [0.05, 0.1) is 0 Å². The van der Waals surface area contributed by atoms with E-state index in [1.165, 1.54) is 39.7 Å². The molecule has 5 rings (SSSR count). The van der Waals surface area contributed by atoms with E-state index in [4.69, 9.17) is 0 Å². The first-order valence-electron chi connectivity index (χ1n) is 10.0. The lowest BCUT2D eigenvalue weighted by Gasteiger charge is -2.36. The van der Waals surface area contributed by atoms with Crippen molar-refractivity contribution in [3.63, 3.8) is 0 Å². The molecule has 0 amide bonds. The van der Waals surface area contributed by atoms with Crippen molar-refractivity contribution in [1.82, 2.24) is 10.3 Å². The van der Waals surface area contributed by atoms with Crippen LogP contribution in [-0.2, 0) is 6.42 Å². The number of aromatic amines is 1. The number of aromatic hydroxyl groups is 1. The fourth-order valence-electron chi connectivity index (χ4n) is 5.06. The van der Waals surface area contributed by atoms with Crippen molar-refractivity contribution in [2.75, 3.05) is 6.54 Å². The normalized spacial score (nSPS) is 25.2. The van der Waals surface area contributed by atoms with Crippen molar-refractivity contribution >= 4 is 16.5 Å². The highest BCUT2D eigenvalue weighted by molar-refractivity contribution is 5.85. The van der Waals surface area contributed by atoms with E-state index in [1.807, 2.05) is 12.1 Å². The third-order valence-corrected chi connectivity index (χ3v) is 6.44. The number of para-hydroxylation sites is 1. The van der Waals surface area contributed by atoms with E-state index in [0.29, 0.717) is 23.6 Å². The lowest BCUT2D eigenvalue weighted by Crippen LogP contribution is -2.41. The second kappa shape index (κ2) is 6.58. The molecule has 3 heteroatoms. The van der Waals surface area contributed by atoms with Crippen LogP contribution in [0.4, 0.5) is 0 Å². The molecule has 3 unspecified atom stereocenters. The van der Waals surface area contributed by atoms with Gasteiger partial charge in [0.2, 0.25) is 0 Å². The van der Waals surface area contributed by atoms with Gasteiger partial charge in [-0.05, 0) is 66.0 Å². The van der Waals surface area contributed by atoms with Crippen LogP contribution in [0.25, 0.3) is 16.5 Å². The van der Waals surface area contributed by atoms with Gasteiger partial charge in [-0.2, -0.15) is 0 Å². The quantitative estimate of drug-likeness (QED) is 0.605. The van der Waals surface area contributed by atoms with E-state index < -0.39 is 0 Å². The number of hydrogen-bond acceptors (Lipinski definition) is 2. The largest absolute Gasteiger partial charge is 0.508 e. The summed E-state index contributed by atoms with van der Waals surface area (Å²) in [4.78, 5) is 3.67. The predicted octanol–water partition coefficient (Wildman–Crippen LogP) is 4.98. The number of H-pyrrole nitrogens is 1. The van der Waals surface area contributed by atoms with Crippen LogP contribution in [0.5, 0.6) is 5.75 Å². The zero-order valence-corrected chi connectivity index (χ0v) is 15.7. The first-order chi connectivity index (χ1) is 13.2. The summed E-state index contributed by atoms with van der Waals surface area (Å²) in [5, 5.41) is 14.7. The summed E-state index contributed by atoms with van der Waals surface area (Å²) >= 11 is 0. The Morgan fingerprint density at radius 1 is 1.00 bits per heavy atom. The molecule has 2 aliphatic rings. The average molecular weight is 358 g/mol. The number of phenolic OH excluding ortho intramolecular Hbond substituents is 1. The highest BCUT2D eigenvalue weighted by Crippen LogP contribution is 2.41. The standard InChI is InChI=1S/C24H26N2O/c1-15-12-18(13-21-20-4-2-3-5-22(20)26-24(15)21)23-14-17(10-11-25-23)16-6-8-19(27)9-7-16/h2-10,15,18,23,25-27H,11-14H2,1H3. The molecule has 2 aromatic carbocycles. The second-order valence-electron chi connectivity index (χ2n) is 8.16. The minimum absolute atomic E-state index is 0.331. The van der Waals surface area contributed by atoms with E-state index in [9.17, 15) is 5.11 Å². The van der Waals surface area contributed by atoms with E-state index in [0.717, 1.165) is 19.4 Å². The van der Waals surface area contributed by atoms with Crippen LogP contribution < -0.4 is 5.32 Å². The molecule has 2 heterocycles. The van der Waals surface area contributed by atoms with Gasteiger partial charge in [0.25, 0.3) is 0 Å². The summed E-state index contributed by atoms with van der Waals surface area (Å²) in [6, 6.07) is 16.9. The zero-order valence-electron chi connectivity index (χ0n) is 15.7. The number of phenols is 1. The molecule has 0 radical (unpaired) electrons. The molecular weight excluding hydrogens is 332 g/mol. The molecule has 3 atom stereocenters. The first kappa shape index (κ1) is 16.6. The Morgan fingerprint density at radius 3 is 2.67 bits per heavy atom. The monoisotopic (exact) mass is 358 g/mol. The Kier molecular flexibility index (Phi) is 4.05. The lowest BCUT2D eigenvalue weighted by molar-refractivity contribution is 0.306. The molecule has 0 spiro atoms. The molecule has 138 valence electrons. The van der Waals surface area contributed by atoms with Gasteiger partial charge in [-0.3, -0.25) is 0 Å². The summed E-state index contributed by atoms with van der Waals surface area (Å²) < 4.78 is 0. The summed E-state index contributed by atoms with van der Waals surface area (Å²) in [6.45, 7) is 3.28. The first-order valence-corrected chi connectivity index (χ1v) is 10.0. The molecule has 3 N–H and O–H groups in total. The van der Waals surface area contributed by atoms with Gasteiger partial charge in [0.1, 0.15) is 5.75 Å². The third-order valence-electron chi connectivity index (χ3n) is 6.44. The Balaban J connectivity index is 1.41. The SMILES string of the molecule is CC1CC(C2CC(c3ccc(O)cc3)=CCN2)Cc2c1[nH]c1ccccc21. The zero-order chi connectivity index (χ0) is 18.4. The summed E-state index contributed by atoms with van der Waals surface area (Å²) in [6.07, 6.45) is 5.72. The summed E-state index contributed by atoms with van der Waals surface area (Å²) in [5.74, 6) is 1.54. The number of nitrogens with one attached hydrogen (secondary N) is 2. The van der Waals surface area contributed by atoms with Crippen LogP contribution in [0, 0.1) is 5.92 Å². The van der Waals surface area contributed by atoms with Crippen molar-refractivity contribution in [1.29, 1.82) is 0 Å². The Bertz CT molecular complexity index is 999. The van der Waals surface area contributed by atoms with Gasteiger partial charge in [-0.25, -0.2) is 0 Å². The van der Waals surface area contributed by atoms with Crippen molar-refractivity contribution in [3.8, 4) is 5.75 Å². The molecule has 3 nitrogen and oxygen atoms in total. The van der Waals surface area contributed by atoms with Gasteiger partial charge in [-0.15, -0.1) is 0 Å². The number of aromatic nitrogens is 1. The van der Waals surface area contributed by atoms with Crippen LogP contribution >= 0.6 is 0 Å². The minimum atomic E-state index is 0.331. The molecule has 27 heavy (non-hydrogen) atoms. The van der Waals surface area contributed by atoms with Crippen molar-refractivity contribution < 1.29 is 5.11 Å². The molecular formula is C24H26N2O. The third kappa shape index (κ3) is 2.96. The van der Waals surface area contributed by atoms with Crippen LogP contribution in [0.15, 0.2) is 54.6 Å². The molecule has 1 aliphatic carbocycles. The Hall–Kier alpha value is -2.52. The van der Waals surface area contributed by atoms with E-state index in [1.54, 1.807) is 12.1 Å². The van der Waals surface area contributed by atoms with Crippen LogP contribution in [-0.4, -0.2) is 22.7 Å². The van der Waals surface area contributed by atoms with E-state index in [2.05, 4.69) is 47.6 Å². The fourth-order valence-corrected chi connectivity index (χ4v) is 5.06. The number of fused-ring (bicyclic) bond motifs is 3. The number of benzene rings is 2. The van der Waals surface area contributed by atoms with Gasteiger partial charge >= 0.3 is 0 Å². The Morgan fingerprint density at radius 2 is 1.81 bits per heavy atom. The average Bonchev–Trinajstić information content (AvgIpc) is 3.08. The molecule has 1 aliphatic heterocycles. The van der Waals surface area contributed by atoms with Crippen molar-refractivity contribution in [2.45, 2.75) is 38.1 Å². The molecule has 1 aromatic heterocycles. The maximum atomic E-state index is 9.56. The molecule has 0 bridgehead atoms. The maximum Gasteiger partial charge on any atom is 0.115 e. The Labute approximate surface area is 160 Å². The minimum Gasteiger partial charge on any atom is -0.508 e. The van der Waals surface area contributed by atoms with Crippen LogP contribution in [0.1, 0.15) is 42.5 Å². The van der Waals surface area contributed by atoms with Gasteiger partial charge in [0, 0.05) is 29.2 Å². The molecule has 0 fully saturated rings. The maximum absolute atomic E-state index is 9.56. The van der Waals surface area contributed by atoms with Gasteiger partial charge < -0.3 is 15.4 Å². The summed E-state index contributed by atoms with van der Waals surface area (Å²) in [7, 11) is 0. The highest BCUT2D eigenvalue weighted by atomic mass is 16.3. The van der Waals surface area contributed by atoms with Gasteiger partial charge in [0.15, 0.2) is 0 Å². The number of rotatable bonds is 2. The highest BCUT2D eigenvalue weighted by Gasteiger charge is 2.33. The molecule has 0 saturated carbocycles. The van der Waals surface area contributed by atoms with E-state index >= 15 is 0 Å². The fraction of sp³-hybridized carbons (Fsp3) is 0.333. The predicted molar refractivity (Wildman–Crippen MR) is 111 cm³/mol. The smallest absolute Gasteiger partial charge is 0.115 e. The van der Waals surface area contributed by atoms with Crippen LogP contribution in [0.2, 0.25) is 0 Å². The molecule has 0 saturated heterocycles. The van der Waals surface area contributed by atoms with Gasteiger partial charge in [-0.1, -0.05) is 43.3 Å². The summed E-state index contributed by atoms with van der Waals surface area (Å²) in [5.41, 5.74) is 6.87. The van der Waals surface area contributed by atoms with Crippen molar-refractivity contribution in [3.05, 3.63) is 71.4 Å². The number of hydrogen-bond donors (Lipinski definition) is 3. The molecule has 3 aromatic rings.